The molecule has 1 fully saturated rings. The minimum Gasteiger partial charge on any atom is -0.474 e. The first kappa shape index (κ1) is 14.5. The summed E-state index contributed by atoms with van der Waals surface area (Å²) in [6, 6.07) is 13.0. The molecule has 3 rings (SSSR count). The largest absolute Gasteiger partial charge is 0.474 e. The second-order valence-corrected chi connectivity index (χ2v) is 5.24. The number of nitrogens with zero attached hydrogens (tertiary/aromatic N) is 2. The summed E-state index contributed by atoms with van der Waals surface area (Å²) in [5, 5.41) is 10.5. The van der Waals surface area contributed by atoms with Crippen LogP contribution >= 0.6 is 0 Å². The fourth-order valence-electron chi connectivity index (χ4n) is 2.26. The van der Waals surface area contributed by atoms with E-state index in [2.05, 4.69) is 4.98 Å². The van der Waals surface area contributed by atoms with Crippen LogP contribution in [0.15, 0.2) is 48.7 Å². The van der Waals surface area contributed by atoms with Crippen LogP contribution in [0.25, 0.3) is 0 Å². The molecule has 0 amide bonds. The molecule has 2 aromatic rings. The zero-order chi connectivity index (χ0) is 15.4. The number of aromatic nitrogens is 1. The van der Waals surface area contributed by atoms with Gasteiger partial charge in [-0.2, -0.15) is 0 Å². The monoisotopic (exact) mass is 300 g/mol. The maximum atomic E-state index is 10.5. The molecule has 1 heterocycles. The van der Waals surface area contributed by atoms with E-state index in [0.29, 0.717) is 12.5 Å². The second kappa shape index (κ2) is 6.53. The first-order valence-electron chi connectivity index (χ1n) is 7.13. The molecule has 22 heavy (non-hydrogen) atoms. The standard InChI is InChI=1S/C16H16N2O4/c19-18(20)13-6-7-16(17-10-13)22-15-8-14(9-15)21-11-12-4-2-1-3-5-12/h1-7,10,14-15H,8-9,11H2. The van der Waals surface area contributed by atoms with Gasteiger partial charge in [0.15, 0.2) is 0 Å². The summed E-state index contributed by atoms with van der Waals surface area (Å²) in [5.74, 6) is 0.414. The number of hydrogen-bond acceptors (Lipinski definition) is 5. The van der Waals surface area contributed by atoms with Crippen molar-refractivity contribution in [3.8, 4) is 5.88 Å². The summed E-state index contributed by atoms with van der Waals surface area (Å²) in [4.78, 5) is 14.0. The number of rotatable bonds is 6. The van der Waals surface area contributed by atoms with Crippen LogP contribution in [0.4, 0.5) is 5.69 Å². The molecule has 1 aromatic carbocycles. The Morgan fingerprint density at radius 2 is 1.91 bits per heavy atom. The Morgan fingerprint density at radius 3 is 2.55 bits per heavy atom. The lowest BCUT2D eigenvalue weighted by molar-refractivity contribution is -0.385. The Labute approximate surface area is 127 Å². The summed E-state index contributed by atoms with van der Waals surface area (Å²) in [6.07, 6.45) is 3.09. The summed E-state index contributed by atoms with van der Waals surface area (Å²) in [6.45, 7) is 0.605. The number of pyridine rings is 1. The number of benzene rings is 1. The Bertz CT molecular complexity index is 624. The lowest BCUT2D eigenvalue weighted by Gasteiger charge is -2.34. The Morgan fingerprint density at radius 1 is 1.14 bits per heavy atom. The lowest BCUT2D eigenvalue weighted by Crippen LogP contribution is -2.39. The third-order valence-corrected chi connectivity index (χ3v) is 3.60. The second-order valence-electron chi connectivity index (χ2n) is 5.24. The van der Waals surface area contributed by atoms with Crippen molar-refractivity contribution >= 4 is 5.69 Å². The smallest absolute Gasteiger partial charge is 0.287 e. The van der Waals surface area contributed by atoms with Crippen molar-refractivity contribution in [2.24, 2.45) is 0 Å². The number of nitro groups is 1. The normalized spacial score (nSPS) is 20.2. The van der Waals surface area contributed by atoms with E-state index in [4.69, 9.17) is 9.47 Å². The van der Waals surface area contributed by atoms with Gasteiger partial charge < -0.3 is 9.47 Å². The van der Waals surface area contributed by atoms with Crippen molar-refractivity contribution in [3.05, 3.63) is 64.3 Å². The Balaban J connectivity index is 1.41. The van der Waals surface area contributed by atoms with Gasteiger partial charge in [0.2, 0.25) is 5.88 Å². The fourth-order valence-corrected chi connectivity index (χ4v) is 2.26. The summed E-state index contributed by atoms with van der Waals surface area (Å²) in [7, 11) is 0. The van der Waals surface area contributed by atoms with Gasteiger partial charge in [-0.1, -0.05) is 30.3 Å². The maximum absolute atomic E-state index is 10.5. The third kappa shape index (κ3) is 3.59. The van der Waals surface area contributed by atoms with E-state index in [0.717, 1.165) is 18.4 Å². The minimum absolute atomic E-state index is 0.0370. The van der Waals surface area contributed by atoms with Crippen LogP contribution in [-0.4, -0.2) is 22.1 Å². The Hall–Kier alpha value is -2.47. The van der Waals surface area contributed by atoms with E-state index >= 15 is 0 Å². The molecule has 0 saturated heterocycles. The highest BCUT2D eigenvalue weighted by molar-refractivity contribution is 5.29. The molecular formula is C16H16N2O4. The predicted molar refractivity (Wildman–Crippen MR) is 79.6 cm³/mol. The molecule has 0 bridgehead atoms. The molecule has 0 atom stereocenters. The van der Waals surface area contributed by atoms with Gasteiger partial charge in [-0.05, 0) is 5.56 Å². The van der Waals surface area contributed by atoms with Gasteiger partial charge in [-0.15, -0.1) is 0 Å². The van der Waals surface area contributed by atoms with Gasteiger partial charge in [0.05, 0.1) is 17.6 Å². The van der Waals surface area contributed by atoms with Gasteiger partial charge in [0, 0.05) is 25.0 Å². The zero-order valence-electron chi connectivity index (χ0n) is 11.9. The number of hydrogen-bond donors (Lipinski definition) is 0. The van der Waals surface area contributed by atoms with E-state index < -0.39 is 4.92 Å². The van der Waals surface area contributed by atoms with Crippen LogP contribution in [0.3, 0.4) is 0 Å². The fraction of sp³-hybridized carbons (Fsp3) is 0.312. The molecule has 0 unspecified atom stereocenters. The van der Waals surface area contributed by atoms with Crippen LogP contribution in [0.5, 0.6) is 5.88 Å². The van der Waals surface area contributed by atoms with Crippen LogP contribution in [0.1, 0.15) is 18.4 Å². The van der Waals surface area contributed by atoms with Crippen molar-refractivity contribution in [3.63, 3.8) is 0 Å². The van der Waals surface area contributed by atoms with E-state index in [-0.39, 0.29) is 17.9 Å². The molecule has 1 saturated carbocycles. The minimum atomic E-state index is -0.479. The maximum Gasteiger partial charge on any atom is 0.287 e. The first-order chi connectivity index (χ1) is 10.7. The van der Waals surface area contributed by atoms with E-state index in [1.54, 1.807) is 0 Å². The predicted octanol–water partition coefficient (Wildman–Crippen LogP) is 3.12. The molecule has 0 N–H and O–H groups in total. The molecular weight excluding hydrogens is 284 g/mol. The van der Waals surface area contributed by atoms with E-state index in [1.807, 2.05) is 30.3 Å². The van der Waals surface area contributed by atoms with Gasteiger partial charge in [-0.3, -0.25) is 10.1 Å². The van der Waals surface area contributed by atoms with Gasteiger partial charge in [0.1, 0.15) is 12.3 Å². The van der Waals surface area contributed by atoms with E-state index in [1.165, 1.54) is 18.3 Å². The van der Waals surface area contributed by atoms with Crippen molar-refractivity contribution in [2.45, 2.75) is 31.7 Å². The van der Waals surface area contributed by atoms with Crippen molar-refractivity contribution in [1.82, 2.24) is 4.98 Å². The third-order valence-electron chi connectivity index (χ3n) is 3.60. The van der Waals surface area contributed by atoms with E-state index in [9.17, 15) is 10.1 Å². The topological polar surface area (TPSA) is 74.5 Å². The molecule has 0 radical (unpaired) electrons. The molecule has 1 aromatic heterocycles. The lowest BCUT2D eigenvalue weighted by atomic mass is 9.92. The quantitative estimate of drug-likeness (QED) is 0.605. The highest BCUT2D eigenvalue weighted by Crippen LogP contribution is 2.28. The van der Waals surface area contributed by atoms with Crippen molar-refractivity contribution in [1.29, 1.82) is 0 Å². The SMILES string of the molecule is O=[N+]([O-])c1ccc(OC2CC(OCc3ccccc3)C2)nc1. The summed E-state index contributed by atoms with van der Waals surface area (Å²) < 4.78 is 11.4. The summed E-state index contributed by atoms with van der Waals surface area (Å²) >= 11 is 0. The van der Waals surface area contributed by atoms with Gasteiger partial charge in [0.25, 0.3) is 5.69 Å². The first-order valence-corrected chi connectivity index (χ1v) is 7.13. The van der Waals surface area contributed by atoms with Gasteiger partial charge in [-0.25, -0.2) is 4.98 Å². The molecule has 6 heteroatoms. The molecule has 6 nitrogen and oxygen atoms in total. The summed E-state index contributed by atoms with van der Waals surface area (Å²) in [5.41, 5.74) is 1.12. The van der Waals surface area contributed by atoms with Crippen molar-refractivity contribution in [2.75, 3.05) is 0 Å². The highest BCUT2D eigenvalue weighted by atomic mass is 16.6. The molecule has 0 spiro atoms. The van der Waals surface area contributed by atoms with Crippen LogP contribution < -0.4 is 4.74 Å². The zero-order valence-corrected chi connectivity index (χ0v) is 11.9. The van der Waals surface area contributed by atoms with Crippen LogP contribution in [0.2, 0.25) is 0 Å². The number of ether oxygens (including phenoxy) is 2. The molecule has 0 aliphatic heterocycles. The van der Waals surface area contributed by atoms with Crippen LogP contribution in [0, 0.1) is 10.1 Å². The van der Waals surface area contributed by atoms with Gasteiger partial charge >= 0.3 is 0 Å². The molecule has 1 aliphatic rings. The molecule has 1 aliphatic carbocycles. The highest BCUT2D eigenvalue weighted by Gasteiger charge is 2.32. The Kier molecular flexibility index (Phi) is 4.29. The molecule has 114 valence electrons. The average molecular weight is 300 g/mol. The van der Waals surface area contributed by atoms with Crippen molar-refractivity contribution < 1.29 is 14.4 Å². The average Bonchev–Trinajstić information content (AvgIpc) is 2.51. The van der Waals surface area contributed by atoms with Crippen LogP contribution in [-0.2, 0) is 11.3 Å².